The SMILES string of the molecule is C#C/C=C(\C=C/C)C1(NC(=O)c2cc(=C/CCl)/c(=C(\C)F)[nH]2)COC1. The summed E-state index contributed by atoms with van der Waals surface area (Å²) in [6.07, 6.45) is 12.3. The first-order chi connectivity index (χ1) is 12.0. The Kier molecular flexibility index (Phi) is 6.24. The van der Waals surface area contributed by atoms with Gasteiger partial charge in [-0.2, -0.15) is 0 Å². The molecule has 2 N–H and O–H groups in total. The number of aromatic amines is 1. The normalized spacial score (nSPS) is 18.7. The molecule has 1 fully saturated rings. The molecule has 1 aromatic rings. The molecular weight excluding hydrogens is 343 g/mol. The van der Waals surface area contributed by atoms with Crippen LogP contribution in [0.2, 0.25) is 0 Å². The van der Waals surface area contributed by atoms with Gasteiger partial charge in [0.05, 0.1) is 18.6 Å². The Morgan fingerprint density at radius 2 is 2.32 bits per heavy atom. The Hall–Kier alpha value is -2.29. The van der Waals surface area contributed by atoms with E-state index in [0.29, 0.717) is 18.4 Å². The quantitative estimate of drug-likeness (QED) is 0.476. The van der Waals surface area contributed by atoms with Gasteiger partial charge in [0.25, 0.3) is 5.91 Å². The van der Waals surface area contributed by atoms with Crippen molar-refractivity contribution in [2.75, 3.05) is 19.1 Å². The van der Waals surface area contributed by atoms with E-state index in [-0.39, 0.29) is 22.8 Å². The van der Waals surface area contributed by atoms with Crippen molar-refractivity contribution < 1.29 is 13.9 Å². The van der Waals surface area contributed by atoms with Crippen molar-refractivity contribution in [3.8, 4) is 12.3 Å². The maximum atomic E-state index is 13.7. The predicted octanol–water partition coefficient (Wildman–Crippen LogP) is 1.77. The van der Waals surface area contributed by atoms with Gasteiger partial charge >= 0.3 is 0 Å². The second-order valence-electron chi connectivity index (χ2n) is 5.70. The van der Waals surface area contributed by atoms with Gasteiger partial charge in [-0.05, 0) is 31.6 Å². The van der Waals surface area contributed by atoms with Crippen molar-refractivity contribution in [3.63, 3.8) is 0 Å². The number of alkyl halides is 1. The molecule has 0 saturated carbocycles. The van der Waals surface area contributed by atoms with Crippen LogP contribution in [0.25, 0.3) is 11.9 Å². The van der Waals surface area contributed by atoms with Crippen LogP contribution < -0.4 is 15.9 Å². The third kappa shape index (κ3) is 4.04. The minimum absolute atomic E-state index is 0.216. The van der Waals surface area contributed by atoms with Gasteiger partial charge in [0, 0.05) is 11.1 Å². The lowest BCUT2D eigenvalue weighted by atomic mass is 9.86. The fourth-order valence-electron chi connectivity index (χ4n) is 2.64. The number of aromatic nitrogens is 1. The number of terminal acetylenes is 1. The van der Waals surface area contributed by atoms with Gasteiger partial charge < -0.3 is 15.0 Å². The Morgan fingerprint density at radius 1 is 1.60 bits per heavy atom. The molecule has 0 unspecified atom stereocenters. The van der Waals surface area contributed by atoms with Crippen LogP contribution in [-0.4, -0.2) is 35.5 Å². The Morgan fingerprint density at radius 3 is 2.80 bits per heavy atom. The molecule has 2 heterocycles. The summed E-state index contributed by atoms with van der Waals surface area (Å²) in [4.78, 5) is 15.5. The molecule has 0 aromatic carbocycles. The number of ether oxygens (including phenoxy) is 1. The number of amides is 1. The number of nitrogens with one attached hydrogen (secondary N) is 2. The van der Waals surface area contributed by atoms with Crippen molar-refractivity contribution in [2.24, 2.45) is 0 Å². The number of carbonyl (C=O) groups excluding carboxylic acids is 1. The Balaban J connectivity index is 2.38. The van der Waals surface area contributed by atoms with Crippen LogP contribution in [0.5, 0.6) is 0 Å². The molecule has 0 bridgehead atoms. The summed E-state index contributed by atoms with van der Waals surface area (Å²) >= 11 is 5.70. The first kappa shape index (κ1) is 19.0. The Labute approximate surface area is 151 Å². The van der Waals surface area contributed by atoms with E-state index in [2.05, 4.69) is 16.2 Å². The second-order valence-corrected chi connectivity index (χ2v) is 6.01. The van der Waals surface area contributed by atoms with Crippen molar-refractivity contribution in [1.29, 1.82) is 0 Å². The number of allylic oxidation sites excluding steroid dienone is 2. The smallest absolute Gasteiger partial charge is 0.268 e. The third-order valence-corrected chi connectivity index (χ3v) is 4.08. The first-order valence-electron chi connectivity index (χ1n) is 7.78. The standard InChI is InChI=1S/C19H20ClFN2O2/c1-4-6-15(7-5-2)19(11-25-12-19)23-18(24)16-10-14(8-9-20)17(22-16)13(3)21/h1,5-8,10,22H,9,11-12H2,2-3H3,(H,23,24)/b7-5-,14-8-,15-6+,17-13-. The molecule has 0 aliphatic carbocycles. The molecule has 1 aromatic heterocycles. The highest BCUT2D eigenvalue weighted by atomic mass is 35.5. The van der Waals surface area contributed by atoms with Gasteiger partial charge in [0.15, 0.2) is 0 Å². The zero-order valence-corrected chi connectivity index (χ0v) is 14.9. The van der Waals surface area contributed by atoms with Gasteiger partial charge in [-0.1, -0.05) is 24.1 Å². The van der Waals surface area contributed by atoms with Crippen LogP contribution in [-0.2, 0) is 4.74 Å². The molecule has 6 heteroatoms. The summed E-state index contributed by atoms with van der Waals surface area (Å²) in [5.74, 6) is 1.91. The lowest BCUT2D eigenvalue weighted by molar-refractivity contribution is -0.0481. The van der Waals surface area contributed by atoms with E-state index < -0.39 is 11.4 Å². The topological polar surface area (TPSA) is 54.1 Å². The maximum Gasteiger partial charge on any atom is 0.268 e. The molecule has 25 heavy (non-hydrogen) atoms. The lowest BCUT2D eigenvalue weighted by Crippen LogP contribution is -2.63. The van der Waals surface area contributed by atoms with Crippen molar-refractivity contribution in [3.05, 3.63) is 46.1 Å². The average molecular weight is 363 g/mol. The molecule has 2 rings (SSSR count). The number of H-pyrrole nitrogens is 1. The largest absolute Gasteiger partial charge is 0.376 e. The molecule has 4 nitrogen and oxygen atoms in total. The summed E-state index contributed by atoms with van der Waals surface area (Å²) < 4.78 is 19.0. The number of halogens is 2. The van der Waals surface area contributed by atoms with Crippen LogP contribution in [0.15, 0.2) is 29.9 Å². The fraction of sp³-hybridized carbons (Fsp3) is 0.316. The minimum atomic E-state index is -0.688. The number of hydrogen-bond acceptors (Lipinski definition) is 2. The van der Waals surface area contributed by atoms with Gasteiger partial charge in [0.1, 0.15) is 17.1 Å². The summed E-state index contributed by atoms with van der Waals surface area (Å²) in [7, 11) is 0. The van der Waals surface area contributed by atoms with E-state index in [1.807, 2.05) is 19.1 Å². The van der Waals surface area contributed by atoms with Gasteiger partial charge in [-0.25, -0.2) is 4.39 Å². The molecule has 1 aliphatic rings. The summed E-state index contributed by atoms with van der Waals surface area (Å²) in [6.45, 7) is 3.82. The summed E-state index contributed by atoms with van der Waals surface area (Å²) in [5.41, 5.74) is 0.339. The van der Waals surface area contributed by atoms with Gasteiger partial charge in [0.2, 0.25) is 0 Å². The summed E-state index contributed by atoms with van der Waals surface area (Å²) in [5, 5.41) is 3.74. The van der Waals surface area contributed by atoms with Gasteiger partial charge in [-0.15, -0.1) is 18.0 Å². The van der Waals surface area contributed by atoms with E-state index in [4.69, 9.17) is 22.8 Å². The predicted molar refractivity (Wildman–Crippen MR) is 98.2 cm³/mol. The molecule has 0 spiro atoms. The van der Waals surface area contributed by atoms with Crippen molar-refractivity contribution in [1.82, 2.24) is 10.3 Å². The second kappa shape index (κ2) is 8.19. The van der Waals surface area contributed by atoms with Crippen LogP contribution in [0.1, 0.15) is 24.3 Å². The van der Waals surface area contributed by atoms with Crippen LogP contribution in [0.3, 0.4) is 0 Å². The van der Waals surface area contributed by atoms with E-state index in [1.54, 1.807) is 18.2 Å². The molecule has 1 aliphatic heterocycles. The number of rotatable bonds is 5. The van der Waals surface area contributed by atoms with Crippen LogP contribution in [0.4, 0.5) is 4.39 Å². The third-order valence-electron chi connectivity index (χ3n) is 3.92. The van der Waals surface area contributed by atoms with Crippen molar-refractivity contribution in [2.45, 2.75) is 19.4 Å². The highest BCUT2D eigenvalue weighted by Gasteiger charge is 2.42. The van der Waals surface area contributed by atoms with E-state index >= 15 is 0 Å². The highest BCUT2D eigenvalue weighted by molar-refractivity contribution is 6.20. The summed E-state index contributed by atoms with van der Waals surface area (Å²) in [6, 6.07) is 1.57. The molecule has 0 radical (unpaired) electrons. The van der Waals surface area contributed by atoms with Crippen LogP contribution in [0, 0.1) is 12.3 Å². The molecular formula is C19H20ClFN2O2. The minimum Gasteiger partial charge on any atom is -0.376 e. The fourth-order valence-corrected chi connectivity index (χ4v) is 2.81. The lowest BCUT2D eigenvalue weighted by Gasteiger charge is -2.42. The van der Waals surface area contributed by atoms with Crippen molar-refractivity contribution >= 4 is 29.4 Å². The highest BCUT2D eigenvalue weighted by Crippen LogP contribution is 2.27. The molecule has 0 atom stereocenters. The monoisotopic (exact) mass is 362 g/mol. The molecule has 132 valence electrons. The van der Waals surface area contributed by atoms with Crippen LogP contribution >= 0.6 is 11.6 Å². The van der Waals surface area contributed by atoms with Gasteiger partial charge in [-0.3, -0.25) is 4.79 Å². The number of hydrogen-bond donors (Lipinski definition) is 2. The molecule has 1 saturated heterocycles. The number of carbonyl (C=O) groups is 1. The average Bonchev–Trinajstić information content (AvgIpc) is 2.95. The van der Waals surface area contributed by atoms with E-state index in [0.717, 1.165) is 5.57 Å². The first-order valence-corrected chi connectivity index (χ1v) is 8.32. The zero-order valence-electron chi connectivity index (χ0n) is 14.2. The zero-order chi connectivity index (χ0) is 18.4. The maximum absolute atomic E-state index is 13.7. The molecule has 1 amide bonds. The van der Waals surface area contributed by atoms with E-state index in [9.17, 15) is 9.18 Å². The van der Waals surface area contributed by atoms with E-state index in [1.165, 1.54) is 6.92 Å². The Bertz CT molecular complexity index is 866.